The van der Waals surface area contributed by atoms with Gasteiger partial charge in [-0.2, -0.15) is 0 Å². The van der Waals surface area contributed by atoms with Gasteiger partial charge in [0, 0.05) is 18.3 Å². The first-order valence-electron chi connectivity index (χ1n) is 8.61. The summed E-state index contributed by atoms with van der Waals surface area (Å²) in [6.45, 7) is 1.30. The number of rotatable bonds is 5. The predicted molar refractivity (Wildman–Crippen MR) is 91.5 cm³/mol. The predicted octanol–water partition coefficient (Wildman–Crippen LogP) is 2.49. The lowest BCUT2D eigenvalue weighted by Crippen LogP contribution is -2.45. The second-order valence-electron chi connectivity index (χ2n) is 6.89. The minimum atomic E-state index is -0.314. The molecule has 1 N–H and O–H groups in total. The van der Waals surface area contributed by atoms with Crippen molar-refractivity contribution in [3.63, 3.8) is 0 Å². The standard InChI is InChI=1S/C20H22N2O2/c23-19(20(8-9-20)17-4-2-1-3-5-17)22-18-14-24-13-16(18)12-15-6-10-21-11-7-15/h1-7,10-11,16,18H,8-9,12-14H2,(H,22,23). The van der Waals surface area contributed by atoms with Crippen LogP contribution in [0.3, 0.4) is 0 Å². The normalized spacial score (nSPS) is 24.5. The molecule has 24 heavy (non-hydrogen) atoms. The van der Waals surface area contributed by atoms with E-state index in [4.69, 9.17) is 4.74 Å². The van der Waals surface area contributed by atoms with Crippen LogP contribution < -0.4 is 5.32 Å². The third-order valence-corrected chi connectivity index (χ3v) is 5.27. The van der Waals surface area contributed by atoms with Crippen LogP contribution in [0.15, 0.2) is 54.9 Å². The first-order valence-corrected chi connectivity index (χ1v) is 8.61. The summed E-state index contributed by atoms with van der Waals surface area (Å²) in [4.78, 5) is 17.0. The van der Waals surface area contributed by atoms with Gasteiger partial charge in [-0.15, -0.1) is 0 Å². The quantitative estimate of drug-likeness (QED) is 0.920. The number of hydrogen-bond donors (Lipinski definition) is 1. The highest BCUT2D eigenvalue weighted by atomic mass is 16.5. The molecule has 1 amide bonds. The molecule has 124 valence electrons. The van der Waals surface area contributed by atoms with E-state index in [1.807, 2.05) is 42.7 Å². The van der Waals surface area contributed by atoms with Crippen molar-refractivity contribution in [3.05, 3.63) is 66.0 Å². The zero-order valence-corrected chi connectivity index (χ0v) is 13.7. The molecule has 1 aromatic carbocycles. The molecule has 2 atom stereocenters. The lowest BCUT2D eigenvalue weighted by Gasteiger charge is -2.23. The van der Waals surface area contributed by atoms with E-state index < -0.39 is 0 Å². The van der Waals surface area contributed by atoms with Crippen LogP contribution in [0.4, 0.5) is 0 Å². The van der Waals surface area contributed by atoms with Gasteiger partial charge in [0.2, 0.25) is 5.91 Å². The number of aromatic nitrogens is 1. The van der Waals surface area contributed by atoms with Crippen molar-refractivity contribution in [3.8, 4) is 0 Å². The number of pyridine rings is 1. The second kappa shape index (κ2) is 6.36. The number of nitrogens with zero attached hydrogens (tertiary/aromatic N) is 1. The van der Waals surface area contributed by atoms with Gasteiger partial charge < -0.3 is 10.1 Å². The van der Waals surface area contributed by atoms with E-state index in [2.05, 4.69) is 22.4 Å². The Balaban J connectivity index is 1.44. The largest absolute Gasteiger partial charge is 0.379 e. The molecule has 2 heterocycles. The van der Waals surface area contributed by atoms with Gasteiger partial charge in [-0.1, -0.05) is 30.3 Å². The smallest absolute Gasteiger partial charge is 0.230 e. The zero-order valence-electron chi connectivity index (χ0n) is 13.7. The summed E-state index contributed by atoms with van der Waals surface area (Å²) in [5.41, 5.74) is 2.06. The monoisotopic (exact) mass is 322 g/mol. The van der Waals surface area contributed by atoms with E-state index in [-0.39, 0.29) is 17.4 Å². The first-order chi connectivity index (χ1) is 11.8. The Morgan fingerprint density at radius 3 is 2.58 bits per heavy atom. The Labute approximate surface area is 142 Å². The summed E-state index contributed by atoms with van der Waals surface area (Å²) in [6, 6.07) is 14.3. The number of hydrogen-bond acceptors (Lipinski definition) is 3. The Hall–Kier alpha value is -2.20. The van der Waals surface area contributed by atoms with Crippen molar-refractivity contribution in [2.45, 2.75) is 30.7 Å². The fourth-order valence-corrected chi connectivity index (χ4v) is 3.62. The van der Waals surface area contributed by atoms with Gasteiger partial charge in [-0.3, -0.25) is 9.78 Å². The number of amides is 1. The van der Waals surface area contributed by atoms with Gasteiger partial charge >= 0.3 is 0 Å². The molecule has 4 heteroatoms. The number of ether oxygens (including phenoxy) is 1. The summed E-state index contributed by atoms with van der Waals surface area (Å²) < 4.78 is 5.65. The molecule has 2 fully saturated rings. The third-order valence-electron chi connectivity index (χ3n) is 5.27. The van der Waals surface area contributed by atoms with Crippen LogP contribution in [0, 0.1) is 5.92 Å². The van der Waals surface area contributed by atoms with Crippen LogP contribution in [0.25, 0.3) is 0 Å². The highest BCUT2D eigenvalue weighted by molar-refractivity contribution is 5.91. The molecule has 0 spiro atoms. The van der Waals surface area contributed by atoms with Crippen molar-refractivity contribution in [1.82, 2.24) is 10.3 Å². The molecule has 2 unspecified atom stereocenters. The van der Waals surface area contributed by atoms with Crippen LogP contribution >= 0.6 is 0 Å². The summed E-state index contributed by atoms with van der Waals surface area (Å²) in [6.07, 6.45) is 6.41. The van der Waals surface area contributed by atoms with Crippen LogP contribution in [-0.4, -0.2) is 30.1 Å². The van der Waals surface area contributed by atoms with E-state index in [9.17, 15) is 4.79 Å². The van der Waals surface area contributed by atoms with E-state index in [1.54, 1.807) is 0 Å². The lowest BCUT2D eigenvalue weighted by atomic mass is 9.92. The van der Waals surface area contributed by atoms with Gasteiger partial charge in [0.05, 0.1) is 24.7 Å². The summed E-state index contributed by atoms with van der Waals surface area (Å²) in [5, 5.41) is 3.27. The maximum atomic E-state index is 12.9. The molecule has 2 aromatic rings. The molecule has 4 rings (SSSR count). The van der Waals surface area contributed by atoms with Crippen molar-refractivity contribution in [2.75, 3.05) is 13.2 Å². The Kier molecular flexibility index (Phi) is 4.07. The van der Waals surface area contributed by atoms with E-state index in [0.717, 1.165) is 24.8 Å². The summed E-state index contributed by atoms with van der Waals surface area (Å²) >= 11 is 0. The average Bonchev–Trinajstić information content (AvgIpc) is 3.34. The van der Waals surface area contributed by atoms with E-state index in [1.165, 1.54) is 5.56 Å². The SMILES string of the molecule is O=C(NC1COCC1Cc1ccncc1)C1(c2ccccc2)CC1. The fourth-order valence-electron chi connectivity index (χ4n) is 3.62. The molecular weight excluding hydrogens is 300 g/mol. The van der Waals surface area contributed by atoms with Gasteiger partial charge in [-0.25, -0.2) is 0 Å². The highest BCUT2D eigenvalue weighted by Gasteiger charge is 2.52. The van der Waals surface area contributed by atoms with Crippen molar-refractivity contribution < 1.29 is 9.53 Å². The molecular formula is C20H22N2O2. The van der Waals surface area contributed by atoms with Gasteiger partial charge in [0.15, 0.2) is 0 Å². The van der Waals surface area contributed by atoms with Crippen molar-refractivity contribution in [1.29, 1.82) is 0 Å². The summed E-state index contributed by atoms with van der Waals surface area (Å²) in [5.74, 6) is 0.479. The van der Waals surface area contributed by atoms with Gasteiger partial charge in [0.1, 0.15) is 0 Å². The van der Waals surface area contributed by atoms with Crippen molar-refractivity contribution in [2.24, 2.45) is 5.92 Å². The van der Waals surface area contributed by atoms with Crippen LogP contribution in [0.5, 0.6) is 0 Å². The lowest BCUT2D eigenvalue weighted by molar-refractivity contribution is -0.124. The Morgan fingerprint density at radius 1 is 1.12 bits per heavy atom. The number of carbonyl (C=O) groups excluding carboxylic acids is 1. The molecule has 1 aliphatic carbocycles. The zero-order chi connectivity index (χ0) is 16.4. The molecule has 0 radical (unpaired) electrons. The van der Waals surface area contributed by atoms with Gasteiger partial charge in [-0.05, 0) is 42.5 Å². The molecule has 1 saturated heterocycles. The second-order valence-corrected chi connectivity index (χ2v) is 6.89. The fraction of sp³-hybridized carbons (Fsp3) is 0.400. The maximum Gasteiger partial charge on any atom is 0.230 e. The Bertz CT molecular complexity index is 698. The summed E-state index contributed by atoms with van der Waals surface area (Å²) in [7, 11) is 0. The molecule has 2 aliphatic rings. The molecule has 0 bridgehead atoms. The minimum Gasteiger partial charge on any atom is -0.379 e. The topological polar surface area (TPSA) is 51.2 Å². The van der Waals surface area contributed by atoms with E-state index >= 15 is 0 Å². The molecule has 1 saturated carbocycles. The van der Waals surface area contributed by atoms with Crippen LogP contribution in [0.1, 0.15) is 24.0 Å². The maximum absolute atomic E-state index is 12.9. The van der Waals surface area contributed by atoms with Crippen molar-refractivity contribution >= 4 is 5.91 Å². The number of nitrogens with one attached hydrogen (secondary N) is 1. The average molecular weight is 322 g/mol. The van der Waals surface area contributed by atoms with E-state index in [0.29, 0.717) is 19.1 Å². The first kappa shape index (κ1) is 15.3. The third kappa shape index (κ3) is 2.94. The minimum absolute atomic E-state index is 0.0897. The van der Waals surface area contributed by atoms with Crippen LogP contribution in [0.2, 0.25) is 0 Å². The van der Waals surface area contributed by atoms with Crippen LogP contribution in [-0.2, 0) is 21.4 Å². The molecule has 4 nitrogen and oxygen atoms in total. The number of carbonyl (C=O) groups is 1. The van der Waals surface area contributed by atoms with Gasteiger partial charge in [0.25, 0.3) is 0 Å². The Morgan fingerprint density at radius 2 is 1.88 bits per heavy atom. The highest BCUT2D eigenvalue weighted by Crippen LogP contribution is 2.48. The molecule has 1 aliphatic heterocycles. The molecule has 1 aromatic heterocycles. The number of benzene rings is 1.